The molecule has 1 aliphatic rings. The third kappa shape index (κ3) is 5.34. The van der Waals surface area contributed by atoms with Crippen LogP contribution in [-0.4, -0.2) is 62.1 Å². The summed E-state index contributed by atoms with van der Waals surface area (Å²) < 4.78 is 10.7. The van der Waals surface area contributed by atoms with Crippen molar-refractivity contribution in [2.24, 2.45) is 5.92 Å². The maximum absolute atomic E-state index is 12.9. The monoisotopic (exact) mass is 405 g/mol. The molecule has 1 aromatic carbocycles. The van der Waals surface area contributed by atoms with E-state index in [4.69, 9.17) is 9.47 Å². The van der Waals surface area contributed by atoms with Crippen LogP contribution in [0.5, 0.6) is 11.5 Å². The zero-order valence-corrected chi connectivity index (χ0v) is 18.6. The van der Waals surface area contributed by atoms with E-state index >= 15 is 0 Å². The number of methoxy groups -OCH3 is 2. The number of amides is 3. The number of benzene rings is 1. The minimum Gasteiger partial charge on any atom is -0.493 e. The molecule has 2 atom stereocenters. The highest BCUT2D eigenvalue weighted by molar-refractivity contribution is 5.81. The second-order valence-electron chi connectivity index (χ2n) is 7.53. The van der Waals surface area contributed by atoms with Gasteiger partial charge in [0.25, 0.3) is 0 Å². The lowest BCUT2D eigenvalue weighted by Gasteiger charge is -2.35. The van der Waals surface area contributed by atoms with E-state index in [1.807, 2.05) is 44.7 Å². The van der Waals surface area contributed by atoms with E-state index in [1.165, 1.54) is 0 Å². The zero-order chi connectivity index (χ0) is 21.6. The quantitative estimate of drug-likeness (QED) is 0.755. The summed E-state index contributed by atoms with van der Waals surface area (Å²) in [6.07, 6.45) is 1.64. The SMILES string of the molecule is CCN(CC)C(=O)N1CCC[C@@H](C(=O)N[C@H](C)c2cc(OC)c(OC)cc2C)C1. The van der Waals surface area contributed by atoms with Crippen LogP contribution in [0.25, 0.3) is 0 Å². The number of aryl methyl sites for hydroxylation is 1. The topological polar surface area (TPSA) is 71.1 Å². The predicted molar refractivity (Wildman–Crippen MR) is 113 cm³/mol. The van der Waals surface area contributed by atoms with Crippen LogP contribution in [0.15, 0.2) is 12.1 Å². The Morgan fingerprint density at radius 2 is 1.83 bits per heavy atom. The molecule has 0 aromatic heterocycles. The third-order valence-electron chi connectivity index (χ3n) is 5.69. The number of carbonyl (C=O) groups excluding carboxylic acids is 2. The summed E-state index contributed by atoms with van der Waals surface area (Å²) in [6, 6.07) is 3.69. The maximum atomic E-state index is 12.9. The smallest absolute Gasteiger partial charge is 0.320 e. The summed E-state index contributed by atoms with van der Waals surface area (Å²) in [7, 11) is 3.21. The molecular weight excluding hydrogens is 370 g/mol. The fourth-order valence-corrected chi connectivity index (χ4v) is 3.93. The summed E-state index contributed by atoms with van der Waals surface area (Å²) in [5.41, 5.74) is 2.01. The van der Waals surface area contributed by atoms with E-state index in [1.54, 1.807) is 19.1 Å². The minimum absolute atomic E-state index is 0.0104. The van der Waals surface area contributed by atoms with Crippen LogP contribution in [0, 0.1) is 12.8 Å². The van der Waals surface area contributed by atoms with Crippen molar-refractivity contribution in [3.8, 4) is 11.5 Å². The third-order valence-corrected chi connectivity index (χ3v) is 5.69. The highest BCUT2D eigenvalue weighted by atomic mass is 16.5. The molecule has 0 bridgehead atoms. The number of carbonyl (C=O) groups is 2. The molecule has 1 heterocycles. The Labute approximate surface area is 174 Å². The normalized spacial score (nSPS) is 17.4. The molecule has 0 saturated carbocycles. The lowest BCUT2D eigenvalue weighted by atomic mass is 9.95. The number of ether oxygens (including phenoxy) is 2. The van der Waals surface area contributed by atoms with Crippen molar-refractivity contribution in [1.29, 1.82) is 0 Å². The second-order valence-corrected chi connectivity index (χ2v) is 7.53. The second kappa shape index (κ2) is 10.4. The summed E-state index contributed by atoms with van der Waals surface area (Å²) in [5, 5.41) is 3.13. The minimum atomic E-state index is -0.189. The molecule has 7 heteroatoms. The zero-order valence-electron chi connectivity index (χ0n) is 18.6. The first-order valence-corrected chi connectivity index (χ1v) is 10.4. The van der Waals surface area contributed by atoms with Gasteiger partial charge in [0.05, 0.1) is 26.2 Å². The Balaban J connectivity index is 2.07. The van der Waals surface area contributed by atoms with Gasteiger partial charge in [-0.15, -0.1) is 0 Å². The molecule has 0 spiro atoms. The fourth-order valence-electron chi connectivity index (χ4n) is 3.93. The van der Waals surface area contributed by atoms with E-state index < -0.39 is 0 Å². The maximum Gasteiger partial charge on any atom is 0.320 e. The molecule has 1 saturated heterocycles. The first-order valence-electron chi connectivity index (χ1n) is 10.4. The average molecular weight is 406 g/mol. The molecule has 1 aliphatic heterocycles. The molecular formula is C22H35N3O4. The van der Waals surface area contributed by atoms with Gasteiger partial charge in [-0.25, -0.2) is 4.79 Å². The van der Waals surface area contributed by atoms with Gasteiger partial charge in [0, 0.05) is 26.2 Å². The van der Waals surface area contributed by atoms with E-state index in [2.05, 4.69) is 5.32 Å². The van der Waals surface area contributed by atoms with Crippen molar-refractivity contribution in [1.82, 2.24) is 15.1 Å². The van der Waals surface area contributed by atoms with E-state index in [-0.39, 0.29) is 23.9 Å². The van der Waals surface area contributed by atoms with Crippen molar-refractivity contribution >= 4 is 11.9 Å². The van der Waals surface area contributed by atoms with E-state index in [9.17, 15) is 9.59 Å². The number of rotatable bonds is 7. The van der Waals surface area contributed by atoms with E-state index in [0.717, 1.165) is 24.0 Å². The van der Waals surface area contributed by atoms with Crippen LogP contribution >= 0.6 is 0 Å². The Morgan fingerprint density at radius 3 is 2.41 bits per heavy atom. The van der Waals surface area contributed by atoms with Gasteiger partial charge >= 0.3 is 6.03 Å². The summed E-state index contributed by atoms with van der Waals surface area (Å²) in [4.78, 5) is 29.2. The molecule has 1 N–H and O–H groups in total. The molecule has 0 aliphatic carbocycles. The fraction of sp³-hybridized carbons (Fsp3) is 0.636. The summed E-state index contributed by atoms with van der Waals surface area (Å²) in [6.45, 7) is 10.4. The lowest BCUT2D eigenvalue weighted by Crippen LogP contribution is -2.50. The number of piperidine rings is 1. The number of hydrogen-bond acceptors (Lipinski definition) is 4. The summed E-state index contributed by atoms with van der Waals surface area (Å²) >= 11 is 0. The molecule has 2 rings (SSSR count). The van der Waals surface area contributed by atoms with Gasteiger partial charge < -0.3 is 24.6 Å². The number of likely N-dealkylation sites (tertiary alicyclic amines) is 1. The van der Waals surface area contributed by atoms with Crippen LogP contribution in [0.3, 0.4) is 0 Å². The Morgan fingerprint density at radius 1 is 1.21 bits per heavy atom. The molecule has 1 aromatic rings. The molecule has 3 amide bonds. The largest absolute Gasteiger partial charge is 0.493 e. The highest BCUT2D eigenvalue weighted by Crippen LogP contribution is 2.33. The number of nitrogens with zero attached hydrogens (tertiary/aromatic N) is 2. The molecule has 1 fully saturated rings. The van der Waals surface area contributed by atoms with Crippen molar-refractivity contribution in [2.75, 3.05) is 40.4 Å². The van der Waals surface area contributed by atoms with Gasteiger partial charge in [-0.1, -0.05) is 0 Å². The summed E-state index contributed by atoms with van der Waals surface area (Å²) in [5.74, 6) is 1.11. The van der Waals surface area contributed by atoms with Crippen LogP contribution in [0.1, 0.15) is 50.8 Å². The Hall–Kier alpha value is -2.44. The van der Waals surface area contributed by atoms with Crippen molar-refractivity contribution in [3.05, 3.63) is 23.3 Å². The van der Waals surface area contributed by atoms with Crippen molar-refractivity contribution in [3.63, 3.8) is 0 Å². The number of hydrogen-bond donors (Lipinski definition) is 1. The van der Waals surface area contributed by atoms with E-state index in [0.29, 0.717) is 37.7 Å². The molecule has 29 heavy (non-hydrogen) atoms. The molecule has 7 nitrogen and oxygen atoms in total. The van der Waals surface area contributed by atoms with Crippen molar-refractivity contribution in [2.45, 2.75) is 46.6 Å². The van der Waals surface area contributed by atoms with Gasteiger partial charge in [0.1, 0.15) is 0 Å². The Bertz CT molecular complexity index is 718. The Kier molecular flexibility index (Phi) is 8.17. The van der Waals surface area contributed by atoms with Crippen LogP contribution in [0.4, 0.5) is 4.79 Å². The van der Waals surface area contributed by atoms with Gasteiger partial charge in [0.2, 0.25) is 5.91 Å². The molecule has 0 unspecified atom stereocenters. The highest BCUT2D eigenvalue weighted by Gasteiger charge is 2.30. The van der Waals surface area contributed by atoms with Gasteiger partial charge in [0.15, 0.2) is 11.5 Å². The average Bonchev–Trinajstić information content (AvgIpc) is 2.74. The number of urea groups is 1. The van der Waals surface area contributed by atoms with Crippen molar-refractivity contribution < 1.29 is 19.1 Å². The lowest BCUT2D eigenvalue weighted by molar-refractivity contribution is -0.127. The van der Waals surface area contributed by atoms with Crippen LogP contribution in [0.2, 0.25) is 0 Å². The predicted octanol–water partition coefficient (Wildman–Crippen LogP) is 3.36. The van der Waals surface area contributed by atoms with Crippen LogP contribution < -0.4 is 14.8 Å². The first kappa shape index (κ1) is 22.8. The van der Waals surface area contributed by atoms with Gasteiger partial charge in [-0.2, -0.15) is 0 Å². The van der Waals surface area contributed by atoms with Gasteiger partial charge in [-0.3, -0.25) is 4.79 Å². The molecule has 162 valence electrons. The number of nitrogens with one attached hydrogen (secondary N) is 1. The van der Waals surface area contributed by atoms with Crippen LogP contribution in [-0.2, 0) is 4.79 Å². The standard InChI is InChI=1S/C22H35N3O4/c1-7-24(8-2)22(27)25-11-9-10-17(14-25)21(26)23-16(4)18-13-20(29-6)19(28-5)12-15(18)3/h12-13,16-17H,7-11,14H2,1-6H3,(H,23,26)/t16-,17-/m1/s1. The first-order chi connectivity index (χ1) is 13.9. The molecule has 0 radical (unpaired) electrons. The van der Waals surface area contributed by atoms with Gasteiger partial charge in [-0.05, 0) is 63.8 Å².